The third-order valence-electron chi connectivity index (χ3n) is 26.7. The summed E-state index contributed by atoms with van der Waals surface area (Å²) in [6.45, 7) is 41.4. The predicted octanol–water partition coefficient (Wildman–Crippen LogP) is 27.1. The highest BCUT2D eigenvalue weighted by Crippen LogP contribution is 2.55. The molecule has 6 heterocycles. The quantitative estimate of drug-likeness (QED) is 0.142. The van der Waals surface area contributed by atoms with Crippen LogP contribution in [0.5, 0.6) is 23.0 Å². The average molecular weight is 1580 g/mol. The molecular weight excluding hydrogens is 1480 g/mol. The number of para-hydroxylation sites is 2. The number of hydrogen-bond donors (Lipinski definition) is 0. The molecule has 0 fully saturated rings. The van der Waals surface area contributed by atoms with Crippen LogP contribution in [0.15, 0.2) is 303 Å². The second-order valence-corrected chi connectivity index (χ2v) is 40.9. The second-order valence-electron chi connectivity index (χ2n) is 40.9. The molecule has 21 rings (SSSR count). The van der Waals surface area contributed by atoms with Crippen molar-refractivity contribution in [2.75, 3.05) is 9.80 Å². The zero-order valence-electron chi connectivity index (χ0n) is 73.6. The number of rotatable bonds is 8. The van der Waals surface area contributed by atoms with Crippen molar-refractivity contribution < 1.29 is 9.47 Å². The highest BCUT2D eigenvalue weighted by Gasteiger charge is 2.49. The molecule has 15 aromatic carbocycles. The van der Waals surface area contributed by atoms with Crippen LogP contribution < -0.4 is 52.1 Å². The molecule has 4 aliphatic heterocycles. The van der Waals surface area contributed by atoms with Gasteiger partial charge in [-0.25, -0.2) is 0 Å². The third kappa shape index (κ3) is 12.3. The van der Waals surface area contributed by atoms with Crippen molar-refractivity contribution in [1.82, 2.24) is 9.13 Å². The molecule has 0 unspecified atom stereocenters. The second kappa shape index (κ2) is 27.4. The molecule has 598 valence electrons. The smallest absolute Gasteiger partial charge is 0.256 e. The van der Waals surface area contributed by atoms with E-state index in [-0.39, 0.29) is 45.9 Å². The van der Waals surface area contributed by atoms with Crippen LogP contribution >= 0.6 is 0 Å². The van der Waals surface area contributed by atoms with Crippen LogP contribution in [0.1, 0.15) is 158 Å². The van der Waals surface area contributed by atoms with E-state index in [2.05, 4.69) is 447 Å². The van der Waals surface area contributed by atoms with Crippen molar-refractivity contribution in [3.8, 4) is 78.9 Å². The lowest BCUT2D eigenvalue weighted by atomic mass is 9.31. The average Bonchev–Trinajstić information content (AvgIpc) is 0.831. The molecule has 0 saturated heterocycles. The first-order valence-electron chi connectivity index (χ1n) is 43.8. The van der Waals surface area contributed by atoms with Crippen molar-refractivity contribution in [3.05, 3.63) is 337 Å². The molecule has 0 radical (unpaired) electrons. The summed E-state index contributed by atoms with van der Waals surface area (Å²) in [6.07, 6.45) is 0. The van der Waals surface area contributed by atoms with Gasteiger partial charge in [0.1, 0.15) is 23.0 Å². The number of hydrogen-bond acceptors (Lipinski definition) is 4. The van der Waals surface area contributed by atoms with Gasteiger partial charge in [-0.1, -0.05) is 337 Å². The lowest BCUT2D eigenvalue weighted by Crippen LogP contribution is -2.63. The van der Waals surface area contributed by atoms with E-state index in [0.29, 0.717) is 0 Å². The fraction of sp³-hybridized carbons (Fsp3) is 0.211. The Bertz CT molecular complexity index is 6510. The van der Waals surface area contributed by atoms with Gasteiger partial charge in [0, 0.05) is 84.7 Å². The van der Waals surface area contributed by atoms with Gasteiger partial charge in [-0.05, 0) is 194 Å². The number of ether oxygens (including phenoxy) is 2. The standard InChI is InChI=1S/C114H104B2N4O2/c1-109(2,3)73-47-53-93-85(57-73)86-58-74(110(4,5)6)48-54-94(86)117(93)79-63-99-105-103(65-79)121-101-68-102-92(67-91(101)115(105)89-51-45-77(113(13,14)15)61-97(89)119(99)107-81(69-33-23-19-24-34-69)41-31-42-82(107)70-35-25-20-26-36-70)116-90-52-46-78(114(16,17)18)62-98(90)120(108-83(71-37-27-21-28-38-71)43-32-44-84(108)72-39-29-22-30-40-72)100-64-80(66-104(122-102)106(100)116)118-95-55-49-75(111(7,8)9)59-87(95)88-60-76(112(10,11)12)50-56-96(88)118/h19-68H,1-18H3. The minimum Gasteiger partial charge on any atom is -0.458 e. The fourth-order valence-electron chi connectivity index (χ4n) is 20.1. The van der Waals surface area contributed by atoms with Crippen molar-refractivity contribution in [1.29, 1.82) is 0 Å². The predicted molar refractivity (Wildman–Crippen MR) is 521 cm³/mol. The first-order valence-corrected chi connectivity index (χ1v) is 43.8. The summed E-state index contributed by atoms with van der Waals surface area (Å²) in [5.74, 6) is 3.13. The number of anilines is 6. The Balaban J connectivity index is 0.873. The van der Waals surface area contributed by atoms with Gasteiger partial charge in [0.2, 0.25) is 0 Å². The topological polar surface area (TPSA) is 34.8 Å². The Hall–Kier alpha value is -12.8. The van der Waals surface area contributed by atoms with E-state index in [9.17, 15) is 0 Å². The lowest BCUT2D eigenvalue weighted by Gasteiger charge is -2.44. The molecule has 0 bridgehead atoms. The van der Waals surface area contributed by atoms with E-state index in [1.165, 1.54) is 65.9 Å². The summed E-state index contributed by atoms with van der Waals surface area (Å²) < 4.78 is 21.3. The molecular formula is C114H104B2N4O2. The number of fused-ring (bicyclic) bond motifs is 14. The Kier molecular flexibility index (Phi) is 17.2. The summed E-state index contributed by atoms with van der Waals surface area (Å²) >= 11 is 0. The number of nitrogens with zero attached hydrogens (tertiary/aromatic N) is 4. The van der Waals surface area contributed by atoms with Crippen molar-refractivity contribution >= 4 is 124 Å². The van der Waals surface area contributed by atoms with Crippen LogP contribution in [0.2, 0.25) is 0 Å². The maximum Gasteiger partial charge on any atom is 0.256 e. The maximum atomic E-state index is 8.10. The molecule has 0 amide bonds. The van der Waals surface area contributed by atoms with Gasteiger partial charge >= 0.3 is 0 Å². The fourth-order valence-corrected chi connectivity index (χ4v) is 20.1. The molecule has 2 aromatic heterocycles. The van der Waals surface area contributed by atoms with Crippen molar-refractivity contribution in [2.24, 2.45) is 0 Å². The Morgan fingerprint density at radius 1 is 0.221 bits per heavy atom. The van der Waals surface area contributed by atoms with Crippen LogP contribution in [0.4, 0.5) is 34.1 Å². The molecule has 0 saturated carbocycles. The van der Waals surface area contributed by atoms with Crippen LogP contribution in [0, 0.1) is 0 Å². The maximum absolute atomic E-state index is 8.10. The molecule has 6 nitrogen and oxygen atoms in total. The largest absolute Gasteiger partial charge is 0.458 e. The zero-order chi connectivity index (χ0) is 84.3. The van der Waals surface area contributed by atoms with Crippen LogP contribution in [-0.4, -0.2) is 22.6 Å². The summed E-state index contributed by atoms with van der Waals surface area (Å²) in [7, 11) is 0. The van der Waals surface area contributed by atoms with Gasteiger partial charge < -0.3 is 28.4 Å². The molecule has 0 spiro atoms. The molecule has 0 N–H and O–H groups in total. The van der Waals surface area contributed by atoms with Crippen LogP contribution in [0.25, 0.3) is 99.5 Å². The van der Waals surface area contributed by atoms with E-state index in [1.807, 2.05) is 0 Å². The Morgan fingerprint density at radius 2 is 0.492 bits per heavy atom. The van der Waals surface area contributed by atoms with E-state index in [0.717, 1.165) is 157 Å². The van der Waals surface area contributed by atoms with Gasteiger partial charge in [-0.3, -0.25) is 0 Å². The monoisotopic (exact) mass is 1580 g/mol. The number of aromatic nitrogens is 2. The molecule has 0 atom stereocenters. The SMILES string of the molecule is CC(C)(C)c1ccc2c(c1)N(c1c(-c3ccccc3)cccc1-c1ccccc1)c1cc(-n3c4ccc(C(C)(C)C)cc4c4cc(C(C)(C)C)ccc43)cc3c1B2c1cc2c(cc1O3)Oc1cc(-n3c4ccc(C(C)(C)C)cc4c4cc(C(C)(C)C)ccc43)cc3c1B2c1ccc(C(C)(C)C)cc1N3c1c(-c2ccccc2)cccc1-c1ccccc1. The Labute approximate surface area is 720 Å². The van der Waals surface area contributed by atoms with Gasteiger partial charge in [-0.15, -0.1) is 0 Å². The van der Waals surface area contributed by atoms with Gasteiger partial charge in [0.15, 0.2) is 0 Å². The highest BCUT2D eigenvalue weighted by molar-refractivity contribution is 7.02. The summed E-state index contributed by atoms with van der Waals surface area (Å²) in [5, 5.41) is 4.90. The van der Waals surface area contributed by atoms with Crippen LogP contribution in [0.3, 0.4) is 0 Å². The molecule has 8 heteroatoms. The minimum atomic E-state index is -0.320. The van der Waals surface area contributed by atoms with E-state index >= 15 is 0 Å². The zero-order valence-corrected chi connectivity index (χ0v) is 73.6. The van der Waals surface area contributed by atoms with Gasteiger partial charge in [0.05, 0.1) is 44.8 Å². The lowest BCUT2D eigenvalue weighted by molar-refractivity contribution is 0.465. The normalized spacial score (nSPS) is 13.7. The third-order valence-corrected chi connectivity index (χ3v) is 26.7. The van der Waals surface area contributed by atoms with E-state index in [1.54, 1.807) is 0 Å². The van der Waals surface area contributed by atoms with Crippen LogP contribution in [-0.2, 0) is 32.5 Å². The highest BCUT2D eigenvalue weighted by atomic mass is 16.5. The first-order chi connectivity index (χ1) is 58.3. The van der Waals surface area contributed by atoms with Crippen molar-refractivity contribution in [2.45, 2.75) is 157 Å². The van der Waals surface area contributed by atoms with E-state index < -0.39 is 0 Å². The molecule has 0 aliphatic carbocycles. The molecule has 4 aliphatic rings. The Morgan fingerprint density at radius 3 is 0.770 bits per heavy atom. The minimum absolute atomic E-state index is 0.0911. The van der Waals surface area contributed by atoms with Gasteiger partial charge in [0.25, 0.3) is 13.4 Å². The van der Waals surface area contributed by atoms with Crippen molar-refractivity contribution in [3.63, 3.8) is 0 Å². The first kappa shape index (κ1) is 76.6. The summed E-state index contributed by atoms with van der Waals surface area (Å²) in [4.78, 5) is 5.29. The summed E-state index contributed by atoms with van der Waals surface area (Å²) in [6, 6.07) is 116. The van der Waals surface area contributed by atoms with Gasteiger partial charge in [-0.2, -0.15) is 0 Å². The molecule has 122 heavy (non-hydrogen) atoms. The number of benzene rings is 15. The summed E-state index contributed by atoms with van der Waals surface area (Å²) in [5.41, 5.74) is 35.8. The molecule has 17 aromatic rings. The van der Waals surface area contributed by atoms with E-state index in [4.69, 9.17) is 9.47 Å².